The molecule has 0 aliphatic heterocycles. The molecule has 0 fully saturated rings. The van der Waals surface area contributed by atoms with Gasteiger partial charge in [-0.05, 0) is 49.2 Å². The molecular weight excluding hydrogens is 318 g/mol. The number of nitrogens with one attached hydrogen (secondary N) is 1. The number of halogens is 1. The van der Waals surface area contributed by atoms with Crippen molar-refractivity contribution in [3.63, 3.8) is 0 Å². The van der Waals surface area contributed by atoms with Gasteiger partial charge in [0.15, 0.2) is 0 Å². The number of fused-ring (bicyclic) bond motifs is 1. The fourth-order valence-corrected chi connectivity index (χ4v) is 4.04. The summed E-state index contributed by atoms with van der Waals surface area (Å²) in [7, 11) is -3.57. The second-order valence-electron chi connectivity index (χ2n) is 5.53. The van der Waals surface area contributed by atoms with E-state index in [9.17, 15) is 8.42 Å². The Morgan fingerprint density at radius 3 is 2.41 bits per heavy atom. The van der Waals surface area contributed by atoms with Crippen LogP contribution in [0.15, 0.2) is 52.9 Å². The Labute approximate surface area is 135 Å². The summed E-state index contributed by atoms with van der Waals surface area (Å²) in [4.78, 5) is 0.272. The minimum atomic E-state index is -3.57. The van der Waals surface area contributed by atoms with Crippen LogP contribution >= 0.6 is 11.6 Å². The van der Waals surface area contributed by atoms with Gasteiger partial charge in [0.25, 0.3) is 0 Å². The standard InChI is InChI=1S/C17H16ClNO2S/c1-11-3-6-15(7-4-11)22(20,21)19-17-12(2)9-13-10-14(18)5-8-16(13)17/h3-10,17,19H,1-2H3/t17-/m0/s1. The molecule has 0 spiro atoms. The van der Waals surface area contributed by atoms with Crippen LogP contribution in [0.25, 0.3) is 6.08 Å². The fraction of sp³-hybridized carbons (Fsp3) is 0.176. The van der Waals surface area contributed by atoms with Gasteiger partial charge in [0.05, 0.1) is 10.9 Å². The fourth-order valence-electron chi connectivity index (χ4n) is 2.60. The van der Waals surface area contributed by atoms with E-state index in [-0.39, 0.29) is 10.9 Å². The second-order valence-corrected chi connectivity index (χ2v) is 7.68. The van der Waals surface area contributed by atoms with Crippen LogP contribution in [0.3, 0.4) is 0 Å². The summed E-state index contributed by atoms with van der Waals surface area (Å²) in [6.07, 6.45) is 1.96. The first-order valence-electron chi connectivity index (χ1n) is 6.93. The monoisotopic (exact) mass is 333 g/mol. The first kappa shape index (κ1) is 15.3. The molecule has 0 saturated carbocycles. The van der Waals surface area contributed by atoms with Crippen molar-refractivity contribution in [3.8, 4) is 0 Å². The van der Waals surface area contributed by atoms with Crippen LogP contribution in [0.4, 0.5) is 0 Å². The SMILES string of the molecule is CC1=Cc2cc(Cl)ccc2[C@H]1NS(=O)(=O)c1ccc(C)cc1. The van der Waals surface area contributed by atoms with E-state index in [1.165, 1.54) is 0 Å². The van der Waals surface area contributed by atoms with Crippen LogP contribution in [0.1, 0.15) is 29.7 Å². The Morgan fingerprint density at radius 2 is 1.73 bits per heavy atom. The number of benzene rings is 2. The largest absolute Gasteiger partial charge is 0.241 e. The Morgan fingerprint density at radius 1 is 1.05 bits per heavy atom. The molecule has 3 rings (SSSR count). The normalized spacial score (nSPS) is 17.2. The van der Waals surface area contributed by atoms with Gasteiger partial charge in [0.2, 0.25) is 10.0 Å². The summed E-state index contributed by atoms with van der Waals surface area (Å²) in [5.74, 6) is 0. The van der Waals surface area contributed by atoms with Gasteiger partial charge in [-0.15, -0.1) is 0 Å². The molecule has 5 heteroatoms. The summed E-state index contributed by atoms with van der Waals surface area (Å²) in [6.45, 7) is 3.84. The summed E-state index contributed by atoms with van der Waals surface area (Å²) in [5.41, 5.74) is 3.86. The predicted octanol–water partition coefficient (Wildman–Crippen LogP) is 4.08. The van der Waals surface area contributed by atoms with Crippen molar-refractivity contribution >= 4 is 27.7 Å². The molecule has 1 atom stereocenters. The molecular formula is C17H16ClNO2S. The van der Waals surface area contributed by atoms with Gasteiger partial charge in [-0.2, -0.15) is 4.72 Å². The zero-order chi connectivity index (χ0) is 15.9. The molecule has 3 nitrogen and oxygen atoms in total. The van der Waals surface area contributed by atoms with Crippen molar-refractivity contribution in [1.82, 2.24) is 4.72 Å². The topological polar surface area (TPSA) is 46.2 Å². The van der Waals surface area contributed by atoms with E-state index in [0.717, 1.165) is 22.3 Å². The second kappa shape index (κ2) is 5.54. The minimum absolute atomic E-state index is 0.272. The molecule has 0 unspecified atom stereocenters. The van der Waals surface area contributed by atoms with Gasteiger partial charge in [-0.3, -0.25) is 0 Å². The zero-order valence-corrected chi connectivity index (χ0v) is 13.9. The average Bonchev–Trinajstić information content (AvgIpc) is 2.74. The van der Waals surface area contributed by atoms with Gasteiger partial charge in [-0.25, -0.2) is 8.42 Å². The molecule has 0 aromatic heterocycles. The van der Waals surface area contributed by atoms with Crippen molar-refractivity contribution in [2.45, 2.75) is 24.8 Å². The number of sulfonamides is 1. The van der Waals surface area contributed by atoms with E-state index in [1.54, 1.807) is 30.3 Å². The van der Waals surface area contributed by atoms with Crippen molar-refractivity contribution in [2.24, 2.45) is 0 Å². The van der Waals surface area contributed by atoms with Crippen molar-refractivity contribution in [3.05, 3.63) is 69.8 Å². The van der Waals surface area contributed by atoms with Crippen LogP contribution < -0.4 is 4.72 Å². The predicted molar refractivity (Wildman–Crippen MR) is 89.3 cm³/mol. The van der Waals surface area contributed by atoms with Crippen LogP contribution in [0.5, 0.6) is 0 Å². The molecule has 0 radical (unpaired) electrons. The van der Waals surface area contributed by atoms with Crippen LogP contribution in [-0.4, -0.2) is 8.42 Å². The smallest absolute Gasteiger partial charge is 0.207 e. The Bertz CT molecular complexity index is 855. The summed E-state index contributed by atoms with van der Waals surface area (Å²) >= 11 is 5.99. The molecule has 22 heavy (non-hydrogen) atoms. The molecule has 114 valence electrons. The third-order valence-electron chi connectivity index (χ3n) is 3.80. The highest BCUT2D eigenvalue weighted by Gasteiger charge is 2.27. The third kappa shape index (κ3) is 2.82. The molecule has 0 bridgehead atoms. The molecule has 1 N–H and O–H groups in total. The van der Waals surface area contributed by atoms with Crippen LogP contribution in [0.2, 0.25) is 5.02 Å². The first-order valence-corrected chi connectivity index (χ1v) is 8.79. The van der Waals surface area contributed by atoms with Crippen molar-refractivity contribution < 1.29 is 8.42 Å². The van der Waals surface area contributed by atoms with E-state index in [1.807, 2.05) is 32.1 Å². The lowest BCUT2D eigenvalue weighted by atomic mass is 10.1. The summed E-state index contributed by atoms with van der Waals surface area (Å²) in [6, 6.07) is 12.0. The van der Waals surface area contributed by atoms with E-state index in [4.69, 9.17) is 11.6 Å². The van der Waals surface area contributed by atoms with Crippen LogP contribution in [-0.2, 0) is 10.0 Å². The third-order valence-corrected chi connectivity index (χ3v) is 5.48. The summed E-state index contributed by atoms with van der Waals surface area (Å²) in [5, 5.41) is 0.643. The lowest BCUT2D eigenvalue weighted by Gasteiger charge is -2.17. The maximum absolute atomic E-state index is 12.6. The zero-order valence-electron chi connectivity index (χ0n) is 12.3. The lowest BCUT2D eigenvalue weighted by Crippen LogP contribution is -2.28. The molecule has 1 aliphatic carbocycles. The number of aryl methyl sites for hydroxylation is 1. The quantitative estimate of drug-likeness (QED) is 0.919. The molecule has 0 saturated heterocycles. The number of rotatable bonds is 3. The van der Waals surface area contributed by atoms with Gasteiger partial charge in [0.1, 0.15) is 0 Å². The highest BCUT2D eigenvalue weighted by Crippen LogP contribution is 2.36. The van der Waals surface area contributed by atoms with Crippen molar-refractivity contribution in [2.75, 3.05) is 0 Å². The van der Waals surface area contributed by atoms with Gasteiger partial charge >= 0.3 is 0 Å². The minimum Gasteiger partial charge on any atom is -0.207 e. The average molecular weight is 334 g/mol. The van der Waals surface area contributed by atoms with Crippen LogP contribution in [0, 0.1) is 6.92 Å². The van der Waals surface area contributed by atoms with Crippen molar-refractivity contribution in [1.29, 1.82) is 0 Å². The maximum Gasteiger partial charge on any atom is 0.241 e. The molecule has 1 aliphatic rings. The molecule has 2 aromatic rings. The lowest BCUT2D eigenvalue weighted by molar-refractivity contribution is 0.572. The maximum atomic E-state index is 12.6. The van der Waals surface area contributed by atoms with Gasteiger partial charge in [0, 0.05) is 5.02 Å². The number of hydrogen-bond donors (Lipinski definition) is 1. The van der Waals surface area contributed by atoms with E-state index < -0.39 is 10.0 Å². The number of hydrogen-bond acceptors (Lipinski definition) is 2. The van der Waals surface area contributed by atoms with E-state index >= 15 is 0 Å². The first-order chi connectivity index (χ1) is 10.4. The Kier molecular flexibility index (Phi) is 3.85. The Hall–Kier alpha value is -1.62. The molecule has 0 heterocycles. The highest BCUT2D eigenvalue weighted by molar-refractivity contribution is 7.89. The van der Waals surface area contributed by atoms with E-state index in [0.29, 0.717) is 5.02 Å². The van der Waals surface area contributed by atoms with Gasteiger partial charge < -0.3 is 0 Å². The molecule has 0 amide bonds. The van der Waals surface area contributed by atoms with E-state index in [2.05, 4.69) is 4.72 Å². The molecule has 2 aromatic carbocycles. The Balaban J connectivity index is 1.94. The summed E-state index contributed by atoms with van der Waals surface area (Å²) < 4.78 is 27.9. The highest BCUT2D eigenvalue weighted by atomic mass is 35.5. The van der Waals surface area contributed by atoms with Gasteiger partial charge in [-0.1, -0.05) is 47.0 Å².